The van der Waals surface area contributed by atoms with E-state index < -0.39 is 54.0 Å². The van der Waals surface area contributed by atoms with E-state index in [2.05, 4.69) is 20.9 Å². The highest BCUT2D eigenvalue weighted by molar-refractivity contribution is 5.94. The summed E-state index contributed by atoms with van der Waals surface area (Å²) in [7, 11) is 0. The maximum atomic E-state index is 13.2. The summed E-state index contributed by atoms with van der Waals surface area (Å²) in [5, 5.41) is 28.5. The first-order valence-electron chi connectivity index (χ1n) is 13.0. The molecule has 8 N–H and O–H groups in total. The quantitative estimate of drug-likeness (QED) is 0.190. The van der Waals surface area contributed by atoms with E-state index in [-0.39, 0.29) is 18.3 Å². The molecule has 0 radical (unpaired) electrons. The van der Waals surface area contributed by atoms with Crippen LogP contribution >= 0.6 is 0 Å². The van der Waals surface area contributed by atoms with Gasteiger partial charge < -0.3 is 36.9 Å². The molecule has 3 amide bonds. The predicted octanol–water partition coefficient (Wildman–Crippen LogP) is 1.05. The molecule has 0 saturated carbocycles. The molecule has 38 heavy (non-hydrogen) atoms. The molecule has 0 fully saturated rings. The van der Waals surface area contributed by atoms with Crippen molar-refractivity contribution in [3.63, 3.8) is 0 Å². The maximum Gasteiger partial charge on any atom is 0.326 e. The smallest absolute Gasteiger partial charge is 0.326 e. The third-order valence-corrected chi connectivity index (χ3v) is 7.13. The number of rotatable bonds is 14. The van der Waals surface area contributed by atoms with Crippen LogP contribution in [0, 0.1) is 11.8 Å². The molecule has 0 aliphatic rings. The van der Waals surface area contributed by atoms with Crippen LogP contribution in [-0.2, 0) is 25.6 Å². The van der Waals surface area contributed by atoms with Gasteiger partial charge in [0, 0.05) is 23.5 Å². The van der Waals surface area contributed by atoms with Gasteiger partial charge in [0.25, 0.3) is 0 Å². The molecule has 1 heterocycles. The van der Waals surface area contributed by atoms with E-state index >= 15 is 0 Å². The molecule has 0 spiro atoms. The number of aliphatic carboxylic acids is 1. The summed E-state index contributed by atoms with van der Waals surface area (Å²) in [6.45, 7) is 8.69. The average molecular weight is 532 g/mol. The van der Waals surface area contributed by atoms with Gasteiger partial charge >= 0.3 is 5.97 Å². The summed E-state index contributed by atoms with van der Waals surface area (Å²) in [6.07, 6.45) is 1.57. The van der Waals surface area contributed by atoms with Crippen molar-refractivity contribution in [3.8, 4) is 0 Å². The number of aromatic nitrogens is 1. The van der Waals surface area contributed by atoms with Crippen molar-refractivity contribution in [2.24, 2.45) is 17.6 Å². The Labute approximate surface area is 222 Å². The fourth-order valence-electron chi connectivity index (χ4n) is 4.09. The Morgan fingerprint density at radius 2 is 1.47 bits per heavy atom. The number of fused-ring (bicyclic) bond motifs is 1. The Morgan fingerprint density at radius 3 is 2.05 bits per heavy atom. The largest absolute Gasteiger partial charge is 0.480 e. The van der Waals surface area contributed by atoms with Crippen molar-refractivity contribution in [3.05, 3.63) is 36.0 Å². The Kier molecular flexibility index (Phi) is 11.3. The molecule has 0 aliphatic heterocycles. The summed E-state index contributed by atoms with van der Waals surface area (Å²) >= 11 is 0. The molecule has 7 unspecified atom stereocenters. The molecule has 1 aromatic heterocycles. The number of H-pyrrole nitrogens is 1. The lowest BCUT2D eigenvalue weighted by Gasteiger charge is -2.29. The van der Waals surface area contributed by atoms with Crippen LogP contribution in [0.3, 0.4) is 0 Å². The van der Waals surface area contributed by atoms with E-state index in [1.807, 2.05) is 45.0 Å². The lowest BCUT2D eigenvalue weighted by atomic mass is 9.95. The molecule has 2 aromatic rings. The number of benzene rings is 1. The van der Waals surface area contributed by atoms with Crippen molar-refractivity contribution in [1.82, 2.24) is 20.9 Å². The zero-order chi connectivity index (χ0) is 28.6. The number of carboxylic acid groups (broad SMARTS) is 1. The van der Waals surface area contributed by atoms with E-state index in [4.69, 9.17) is 5.73 Å². The zero-order valence-corrected chi connectivity index (χ0v) is 22.7. The maximum absolute atomic E-state index is 13.2. The molecule has 210 valence electrons. The fourth-order valence-corrected chi connectivity index (χ4v) is 4.09. The third-order valence-electron chi connectivity index (χ3n) is 7.13. The number of carbonyl (C=O) groups excluding carboxylic acids is 3. The molecule has 11 heteroatoms. The minimum Gasteiger partial charge on any atom is -0.480 e. The molecular weight excluding hydrogens is 490 g/mol. The first kappa shape index (κ1) is 30.8. The van der Waals surface area contributed by atoms with E-state index in [9.17, 15) is 29.4 Å². The van der Waals surface area contributed by atoms with Gasteiger partial charge in [-0.05, 0) is 30.4 Å². The topological polar surface area (TPSA) is 187 Å². The Hall–Kier alpha value is -3.44. The van der Waals surface area contributed by atoms with Gasteiger partial charge in [0.05, 0.1) is 12.1 Å². The molecule has 11 nitrogen and oxygen atoms in total. The number of aromatic amines is 1. The van der Waals surface area contributed by atoms with Gasteiger partial charge in [-0.1, -0.05) is 58.7 Å². The van der Waals surface area contributed by atoms with Gasteiger partial charge in [0.15, 0.2) is 0 Å². The van der Waals surface area contributed by atoms with Crippen LogP contribution in [0.5, 0.6) is 0 Å². The van der Waals surface area contributed by atoms with Crippen LogP contribution < -0.4 is 21.7 Å². The Balaban J connectivity index is 2.17. The lowest BCUT2D eigenvalue weighted by molar-refractivity contribution is -0.143. The molecule has 2 rings (SSSR count). The molecule has 0 saturated heterocycles. The molecular formula is C27H41N5O6. The van der Waals surface area contributed by atoms with Crippen molar-refractivity contribution in [2.45, 2.75) is 84.2 Å². The standard InChI is InChI=1S/C27H41N5O6/c1-6-14(3)21(28)24(34)31-22(15(4)7-2)25(35)32-23(16(5)33)26(36)30-20(27(37)38)12-17-13-29-19-11-9-8-10-18(17)19/h8-11,13-16,20-23,29,33H,6-7,12,28H2,1-5H3,(H,30,36)(H,31,34)(H,32,35)(H,37,38). The number of nitrogens with two attached hydrogens (primary N) is 1. The molecule has 1 aromatic carbocycles. The van der Waals surface area contributed by atoms with E-state index in [1.54, 1.807) is 13.1 Å². The number of hydrogen-bond donors (Lipinski definition) is 7. The van der Waals surface area contributed by atoms with Crippen LogP contribution in [0.25, 0.3) is 10.9 Å². The highest BCUT2D eigenvalue weighted by Gasteiger charge is 2.35. The SMILES string of the molecule is CCC(C)C(N)C(=O)NC(C(=O)NC(C(=O)NC(Cc1c[nH]c2ccccc12)C(=O)O)C(C)O)C(C)CC. The number of nitrogens with one attached hydrogen (secondary N) is 4. The zero-order valence-electron chi connectivity index (χ0n) is 22.7. The van der Waals surface area contributed by atoms with E-state index in [0.29, 0.717) is 18.4 Å². The number of carbonyl (C=O) groups is 4. The van der Waals surface area contributed by atoms with Gasteiger partial charge in [-0.2, -0.15) is 0 Å². The van der Waals surface area contributed by atoms with Crippen molar-refractivity contribution in [2.75, 3.05) is 0 Å². The third kappa shape index (κ3) is 7.78. The van der Waals surface area contributed by atoms with Gasteiger partial charge in [0.2, 0.25) is 17.7 Å². The van der Waals surface area contributed by atoms with Crippen LogP contribution in [-0.4, -0.2) is 69.2 Å². The lowest BCUT2D eigenvalue weighted by Crippen LogP contribution is -2.61. The second-order valence-electron chi connectivity index (χ2n) is 9.97. The van der Waals surface area contributed by atoms with Gasteiger partial charge in [-0.25, -0.2) is 4.79 Å². The van der Waals surface area contributed by atoms with Crippen LogP contribution in [0.15, 0.2) is 30.5 Å². The van der Waals surface area contributed by atoms with Crippen LogP contribution in [0.2, 0.25) is 0 Å². The van der Waals surface area contributed by atoms with E-state index in [0.717, 1.165) is 10.9 Å². The van der Waals surface area contributed by atoms with Crippen molar-refractivity contribution >= 4 is 34.6 Å². The molecule has 0 bridgehead atoms. The molecule has 7 atom stereocenters. The van der Waals surface area contributed by atoms with E-state index in [1.165, 1.54) is 6.92 Å². The first-order valence-corrected chi connectivity index (χ1v) is 13.0. The summed E-state index contributed by atoms with van der Waals surface area (Å²) in [6, 6.07) is 2.81. The fraction of sp³-hybridized carbons (Fsp3) is 0.556. The van der Waals surface area contributed by atoms with Gasteiger partial charge in [-0.15, -0.1) is 0 Å². The first-order chi connectivity index (χ1) is 17.9. The Bertz CT molecular complexity index is 1120. The molecule has 0 aliphatic carbocycles. The number of para-hydroxylation sites is 1. The normalized spacial score (nSPS) is 16.9. The number of aliphatic hydroxyl groups excluding tert-OH is 1. The summed E-state index contributed by atoms with van der Waals surface area (Å²) < 4.78 is 0. The number of hydrogen-bond acceptors (Lipinski definition) is 6. The minimum absolute atomic E-state index is 0.00931. The highest BCUT2D eigenvalue weighted by Crippen LogP contribution is 2.19. The second kappa shape index (κ2) is 13.9. The van der Waals surface area contributed by atoms with Crippen LogP contribution in [0.4, 0.5) is 0 Å². The minimum atomic E-state index is -1.45. The van der Waals surface area contributed by atoms with Crippen molar-refractivity contribution < 1.29 is 29.4 Å². The average Bonchev–Trinajstić information content (AvgIpc) is 3.30. The second-order valence-corrected chi connectivity index (χ2v) is 9.97. The van der Waals surface area contributed by atoms with Crippen molar-refractivity contribution in [1.29, 1.82) is 0 Å². The van der Waals surface area contributed by atoms with Crippen LogP contribution in [0.1, 0.15) is 53.0 Å². The van der Waals surface area contributed by atoms with Gasteiger partial charge in [0.1, 0.15) is 18.1 Å². The number of amides is 3. The number of carboxylic acids is 1. The Morgan fingerprint density at radius 1 is 0.895 bits per heavy atom. The summed E-state index contributed by atoms with van der Waals surface area (Å²) in [5.74, 6) is -3.67. The van der Waals surface area contributed by atoms with Gasteiger partial charge in [-0.3, -0.25) is 14.4 Å². The summed E-state index contributed by atoms with van der Waals surface area (Å²) in [5.41, 5.74) is 7.56. The monoisotopic (exact) mass is 531 g/mol. The summed E-state index contributed by atoms with van der Waals surface area (Å²) in [4.78, 5) is 54.0. The predicted molar refractivity (Wildman–Crippen MR) is 144 cm³/mol. The highest BCUT2D eigenvalue weighted by atomic mass is 16.4. The number of aliphatic hydroxyl groups is 1.